The summed E-state index contributed by atoms with van der Waals surface area (Å²) in [7, 11) is 0. The maximum Gasteiger partial charge on any atom is 0.0551 e. The molecular weight excluding hydrogens is 298 g/mol. The smallest absolute Gasteiger partial charge is 0.0551 e. The van der Waals surface area contributed by atoms with Crippen LogP contribution in [0, 0.1) is 5.92 Å². The van der Waals surface area contributed by atoms with Crippen LogP contribution in [-0.4, -0.2) is 0 Å². The largest absolute Gasteiger partial charge is 0.324 e. The predicted octanol–water partition coefficient (Wildman–Crippen LogP) is 5.07. The molecule has 0 heterocycles. The normalized spacial score (nSPS) is 19.2. The van der Waals surface area contributed by atoms with Crippen molar-refractivity contribution in [3.05, 3.63) is 33.3 Å². The Bertz CT molecular complexity index is 374. The van der Waals surface area contributed by atoms with E-state index in [-0.39, 0.29) is 6.04 Å². The van der Waals surface area contributed by atoms with Gasteiger partial charge in [0, 0.05) is 10.5 Å². The molecule has 2 N–H and O–H groups in total. The van der Waals surface area contributed by atoms with Crippen LogP contribution in [0.4, 0.5) is 0 Å². The molecule has 1 nitrogen and oxygen atoms in total. The minimum atomic E-state index is 0.128. The van der Waals surface area contributed by atoms with Crippen molar-refractivity contribution in [1.82, 2.24) is 0 Å². The summed E-state index contributed by atoms with van der Waals surface area (Å²) < 4.78 is 0.938. The van der Waals surface area contributed by atoms with E-state index in [1.54, 1.807) is 0 Å². The Hall–Kier alpha value is -0.0500. The van der Waals surface area contributed by atoms with Crippen molar-refractivity contribution < 1.29 is 0 Å². The van der Waals surface area contributed by atoms with Crippen LogP contribution in [0.5, 0.6) is 0 Å². The highest BCUT2D eigenvalue weighted by Crippen LogP contribution is 2.32. The van der Waals surface area contributed by atoms with Crippen LogP contribution in [0.1, 0.15) is 50.1 Å². The monoisotopic (exact) mass is 315 g/mol. The molecule has 1 atom stereocenters. The molecule has 0 aliphatic heterocycles. The molecule has 0 bridgehead atoms. The van der Waals surface area contributed by atoms with Gasteiger partial charge in [-0.15, -0.1) is 0 Å². The molecule has 3 heteroatoms. The summed E-state index contributed by atoms with van der Waals surface area (Å²) in [6, 6.07) is 6.17. The lowest BCUT2D eigenvalue weighted by molar-refractivity contribution is 0.319. The molecule has 0 aromatic heterocycles. The molecule has 1 aliphatic rings. The first-order valence-corrected chi connectivity index (χ1v) is 7.54. The quantitative estimate of drug-likeness (QED) is 0.827. The summed E-state index contributed by atoms with van der Waals surface area (Å²) in [5.74, 6) is 0.807. The van der Waals surface area contributed by atoms with E-state index >= 15 is 0 Å². The van der Waals surface area contributed by atoms with Gasteiger partial charge in [-0.2, -0.15) is 0 Å². The summed E-state index contributed by atoms with van der Waals surface area (Å²) in [4.78, 5) is 0. The van der Waals surface area contributed by atoms with Crippen molar-refractivity contribution in [2.45, 2.75) is 44.6 Å². The lowest BCUT2D eigenvalue weighted by Crippen LogP contribution is -2.17. The van der Waals surface area contributed by atoms with E-state index in [0.717, 1.165) is 27.4 Å². The van der Waals surface area contributed by atoms with Crippen molar-refractivity contribution >= 4 is 27.5 Å². The molecule has 0 amide bonds. The molecule has 1 saturated carbocycles. The van der Waals surface area contributed by atoms with Crippen LogP contribution < -0.4 is 5.73 Å². The summed E-state index contributed by atoms with van der Waals surface area (Å²) in [6.07, 6.45) is 7.93. The number of halogens is 2. The molecule has 0 saturated heterocycles. The third kappa shape index (κ3) is 3.70. The van der Waals surface area contributed by atoms with Gasteiger partial charge in [0.1, 0.15) is 0 Å². The number of benzene rings is 1. The van der Waals surface area contributed by atoms with Crippen LogP contribution in [0.3, 0.4) is 0 Å². The zero-order chi connectivity index (χ0) is 12.3. The van der Waals surface area contributed by atoms with Crippen LogP contribution in [-0.2, 0) is 0 Å². The van der Waals surface area contributed by atoms with Gasteiger partial charge in [-0.3, -0.25) is 0 Å². The van der Waals surface area contributed by atoms with Gasteiger partial charge >= 0.3 is 0 Å². The van der Waals surface area contributed by atoms with Crippen LogP contribution in [0.15, 0.2) is 22.7 Å². The standard InChI is InChI=1S/C14H19BrClN/c15-12-7-6-11(9-13(12)16)14(17)8-10-4-2-1-3-5-10/h6-7,9-10,14H,1-5,8,17H2. The maximum atomic E-state index is 6.27. The third-order valence-electron chi connectivity index (χ3n) is 3.68. The Kier molecular flexibility index (Phi) is 4.89. The van der Waals surface area contributed by atoms with Crippen LogP contribution >= 0.6 is 27.5 Å². The predicted molar refractivity (Wildman–Crippen MR) is 77.3 cm³/mol. The highest BCUT2D eigenvalue weighted by atomic mass is 79.9. The molecule has 1 aliphatic carbocycles. The summed E-state index contributed by atoms with van der Waals surface area (Å²) in [6.45, 7) is 0. The lowest BCUT2D eigenvalue weighted by atomic mass is 9.83. The Morgan fingerprint density at radius 2 is 2.00 bits per heavy atom. The molecule has 17 heavy (non-hydrogen) atoms. The fraction of sp³-hybridized carbons (Fsp3) is 0.571. The molecule has 0 radical (unpaired) electrons. The maximum absolute atomic E-state index is 6.27. The van der Waals surface area contributed by atoms with Gasteiger partial charge in [-0.25, -0.2) is 0 Å². The number of nitrogens with two attached hydrogens (primary N) is 1. The first-order valence-electron chi connectivity index (χ1n) is 6.37. The van der Waals surface area contributed by atoms with Crippen molar-refractivity contribution in [3.8, 4) is 0 Å². The first-order chi connectivity index (χ1) is 8.16. The van der Waals surface area contributed by atoms with Gasteiger partial charge in [0.2, 0.25) is 0 Å². The van der Waals surface area contributed by atoms with Crippen molar-refractivity contribution in [1.29, 1.82) is 0 Å². The molecule has 1 aromatic rings. The Morgan fingerprint density at radius 3 is 2.65 bits per heavy atom. The molecule has 2 rings (SSSR count). The van der Waals surface area contributed by atoms with Crippen molar-refractivity contribution in [2.75, 3.05) is 0 Å². The van der Waals surface area contributed by atoms with E-state index in [1.807, 2.05) is 12.1 Å². The van der Waals surface area contributed by atoms with E-state index < -0.39 is 0 Å². The first kappa shape index (κ1) is 13.4. The lowest BCUT2D eigenvalue weighted by Gasteiger charge is -2.24. The van der Waals surface area contributed by atoms with Crippen LogP contribution in [0.2, 0.25) is 5.02 Å². The fourth-order valence-corrected chi connectivity index (χ4v) is 3.10. The molecule has 1 aromatic carbocycles. The van der Waals surface area contributed by atoms with Crippen molar-refractivity contribution in [3.63, 3.8) is 0 Å². The zero-order valence-electron chi connectivity index (χ0n) is 9.96. The average Bonchev–Trinajstić information content (AvgIpc) is 2.34. The molecule has 1 unspecified atom stereocenters. The number of rotatable bonds is 3. The van der Waals surface area contributed by atoms with Gasteiger partial charge in [-0.05, 0) is 46.0 Å². The van der Waals surface area contributed by atoms with Gasteiger partial charge in [0.05, 0.1) is 5.02 Å². The summed E-state index contributed by atoms with van der Waals surface area (Å²) in [5, 5.41) is 0.751. The second-order valence-corrected chi connectivity index (χ2v) is 6.28. The Morgan fingerprint density at radius 1 is 1.29 bits per heavy atom. The SMILES string of the molecule is NC(CC1CCCCC1)c1ccc(Br)c(Cl)c1. The molecule has 1 fully saturated rings. The van der Waals surface area contributed by atoms with E-state index in [1.165, 1.54) is 32.1 Å². The second-order valence-electron chi connectivity index (χ2n) is 5.02. The fourth-order valence-electron chi connectivity index (χ4n) is 2.66. The van der Waals surface area contributed by atoms with E-state index in [9.17, 15) is 0 Å². The van der Waals surface area contributed by atoms with Gasteiger partial charge < -0.3 is 5.73 Å². The van der Waals surface area contributed by atoms with E-state index in [2.05, 4.69) is 22.0 Å². The van der Waals surface area contributed by atoms with E-state index in [4.69, 9.17) is 17.3 Å². The average molecular weight is 317 g/mol. The number of hydrogen-bond donors (Lipinski definition) is 1. The minimum absolute atomic E-state index is 0.128. The topological polar surface area (TPSA) is 26.0 Å². The summed E-state index contributed by atoms with van der Waals surface area (Å²) in [5.41, 5.74) is 7.43. The molecular formula is C14H19BrClN. The molecule has 0 spiro atoms. The Balaban J connectivity index is 1.98. The van der Waals surface area contributed by atoms with Gasteiger partial charge in [-0.1, -0.05) is 49.8 Å². The molecule has 94 valence electrons. The minimum Gasteiger partial charge on any atom is -0.324 e. The second kappa shape index (κ2) is 6.21. The zero-order valence-corrected chi connectivity index (χ0v) is 12.3. The third-order valence-corrected chi connectivity index (χ3v) is 4.92. The highest BCUT2D eigenvalue weighted by molar-refractivity contribution is 9.10. The Labute approximate surface area is 117 Å². The van der Waals surface area contributed by atoms with Gasteiger partial charge in [0.15, 0.2) is 0 Å². The van der Waals surface area contributed by atoms with Crippen LogP contribution in [0.25, 0.3) is 0 Å². The van der Waals surface area contributed by atoms with Gasteiger partial charge in [0.25, 0.3) is 0 Å². The van der Waals surface area contributed by atoms with E-state index in [0.29, 0.717) is 0 Å². The number of hydrogen-bond acceptors (Lipinski definition) is 1. The summed E-state index contributed by atoms with van der Waals surface area (Å²) >= 11 is 9.50. The highest BCUT2D eigenvalue weighted by Gasteiger charge is 2.18. The van der Waals surface area contributed by atoms with Crippen molar-refractivity contribution in [2.24, 2.45) is 11.7 Å².